The zero-order valence-electron chi connectivity index (χ0n) is 14.1. The number of carbonyl (C=O) groups excluding carboxylic acids is 1. The summed E-state index contributed by atoms with van der Waals surface area (Å²) in [5, 5.41) is 0. The van der Waals surface area contributed by atoms with Crippen molar-refractivity contribution < 1.29 is 14.3 Å². The van der Waals surface area contributed by atoms with Crippen LogP contribution in [0.15, 0.2) is 0 Å². The van der Waals surface area contributed by atoms with Crippen molar-refractivity contribution in [3.63, 3.8) is 0 Å². The lowest BCUT2D eigenvalue weighted by Gasteiger charge is -2.66. The molecule has 2 heterocycles. The Balaban J connectivity index is 1.69. The zero-order valence-corrected chi connectivity index (χ0v) is 14.1. The van der Waals surface area contributed by atoms with Crippen LogP contribution in [0, 0.1) is 17.3 Å². The lowest BCUT2D eigenvalue weighted by molar-refractivity contribution is -0.230. The number of hydrogen-bond acceptors (Lipinski definition) is 4. The van der Waals surface area contributed by atoms with Crippen molar-refractivity contribution in [3.8, 4) is 0 Å². The van der Waals surface area contributed by atoms with Gasteiger partial charge in [0.25, 0.3) is 0 Å². The van der Waals surface area contributed by atoms with Crippen LogP contribution >= 0.6 is 0 Å². The van der Waals surface area contributed by atoms with E-state index in [0.717, 1.165) is 52.0 Å². The fraction of sp³-hybridized carbons (Fsp3) is 0.941. The minimum atomic E-state index is -0.758. The molecule has 0 bridgehead atoms. The van der Waals surface area contributed by atoms with Gasteiger partial charge in [-0.25, -0.2) is 0 Å². The predicted molar refractivity (Wildman–Crippen MR) is 84.3 cm³/mol. The van der Waals surface area contributed by atoms with Crippen molar-refractivity contribution in [1.29, 1.82) is 0 Å². The highest BCUT2D eigenvalue weighted by Crippen LogP contribution is 2.58. The van der Waals surface area contributed by atoms with Crippen molar-refractivity contribution in [2.45, 2.75) is 51.2 Å². The highest BCUT2D eigenvalue weighted by Gasteiger charge is 2.70. The molecule has 2 aliphatic heterocycles. The molecule has 0 aromatic heterocycles. The average molecular weight is 310 g/mol. The van der Waals surface area contributed by atoms with E-state index in [1.165, 1.54) is 0 Å². The van der Waals surface area contributed by atoms with E-state index in [2.05, 4.69) is 13.8 Å². The van der Waals surface area contributed by atoms with Gasteiger partial charge in [0.1, 0.15) is 5.54 Å². The third-order valence-corrected chi connectivity index (χ3v) is 6.34. The summed E-state index contributed by atoms with van der Waals surface area (Å²) >= 11 is 0. The number of methoxy groups -OCH3 is 1. The number of likely N-dealkylation sites (tertiary alicyclic amines) is 1. The molecule has 2 saturated heterocycles. The van der Waals surface area contributed by atoms with E-state index in [0.29, 0.717) is 5.92 Å². The maximum atomic E-state index is 13.2. The molecule has 126 valence electrons. The Labute approximate surface area is 133 Å². The topological polar surface area (TPSA) is 64.8 Å². The second-order valence-corrected chi connectivity index (χ2v) is 7.82. The van der Waals surface area contributed by atoms with Crippen LogP contribution < -0.4 is 5.73 Å². The number of carbonyl (C=O) groups is 1. The van der Waals surface area contributed by atoms with Gasteiger partial charge in [-0.15, -0.1) is 0 Å². The van der Waals surface area contributed by atoms with E-state index >= 15 is 0 Å². The summed E-state index contributed by atoms with van der Waals surface area (Å²) in [5.74, 6) is 0.892. The first-order chi connectivity index (χ1) is 10.4. The predicted octanol–water partition coefficient (Wildman–Crippen LogP) is 1.40. The van der Waals surface area contributed by atoms with Crippen LogP contribution in [-0.4, -0.2) is 55.9 Å². The Morgan fingerprint density at radius 2 is 2.00 bits per heavy atom. The van der Waals surface area contributed by atoms with Gasteiger partial charge in [0.2, 0.25) is 5.91 Å². The Morgan fingerprint density at radius 3 is 2.64 bits per heavy atom. The van der Waals surface area contributed by atoms with Gasteiger partial charge in [-0.1, -0.05) is 13.8 Å². The van der Waals surface area contributed by atoms with Crippen LogP contribution in [0.2, 0.25) is 0 Å². The molecule has 3 fully saturated rings. The van der Waals surface area contributed by atoms with Crippen LogP contribution in [0.4, 0.5) is 0 Å². The molecular formula is C17H30N2O3. The number of nitrogens with zero attached hydrogens (tertiary/aromatic N) is 1. The van der Waals surface area contributed by atoms with Crippen molar-refractivity contribution in [1.82, 2.24) is 4.90 Å². The largest absolute Gasteiger partial charge is 0.384 e. The Hall–Kier alpha value is -0.650. The van der Waals surface area contributed by atoms with Gasteiger partial charge in [-0.3, -0.25) is 4.79 Å². The van der Waals surface area contributed by atoms with Gasteiger partial charge in [-0.2, -0.15) is 0 Å². The summed E-state index contributed by atoms with van der Waals surface area (Å²) in [4.78, 5) is 15.1. The number of ether oxygens (including phenoxy) is 2. The van der Waals surface area contributed by atoms with E-state index in [9.17, 15) is 4.79 Å². The van der Waals surface area contributed by atoms with Crippen molar-refractivity contribution >= 4 is 5.91 Å². The summed E-state index contributed by atoms with van der Waals surface area (Å²) in [6.07, 6.45) is 4.19. The zero-order chi connectivity index (χ0) is 16.0. The maximum Gasteiger partial charge on any atom is 0.243 e. The number of rotatable bonds is 3. The molecule has 1 aliphatic carbocycles. The number of fused-ring (bicyclic) bond motifs is 1. The van der Waals surface area contributed by atoms with Crippen LogP contribution in [0.5, 0.6) is 0 Å². The fourth-order valence-corrected chi connectivity index (χ4v) is 4.81. The van der Waals surface area contributed by atoms with E-state index in [4.69, 9.17) is 15.2 Å². The third kappa shape index (κ3) is 2.21. The molecular weight excluding hydrogens is 280 g/mol. The van der Waals surface area contributed by atoms with E-state index in [1.54, 1.807) is 7.11 Å². The second kappa shape index (κ2) is 5.77. The summed E-state index contributed by atoms with van der Waals surface area (Å²) in [6.45, 7) is 7.39. The summed E-state index contributed by atoms with van der Waals surface area (Å²) in [6, 6.07) is 0. The quantitative estimate of drug-likeness (QED) is 0.856. The number of nitrogens with two attached hydrogens (primary N) is 1. The number of piperidine rings is 1. The van der Waals surface area contributed by atoms with E-state index < -0.39 is 5.54 Å². The van der Waals surface area contributed by atoms with Gasteiger partial charge >= 0.3 is 0 Å². The number of amides is 1. The molecule has 5 nitrogen and oxygen atoms in total. The smallest absolute Gasteiger partial charge is 0.243 e. The van der Waals surface area contributed by atoms with E-state index in [1.807, 2.05) is 4.90 Å². The standard InChI is InChI=1S/C17H30N2O3/c1-16(2)14-13(5-4-10-22-14)17(16,18)15(20)19-8-6-12(7-9-19)11-21-3/h12-14H,4-11,18H2,1-3H3. The molecule has 0 aromatic rings. The first-order valence-electron chi connectivity index (χ1n) is 8.61. The van der Waals surface area contributed by atoms with Gasteiger partial charge in [0.15, 0.2) is 0 Å². The van der Waals surface area contributed by atoms with Gasteiger partial charge in [0.05, 0.1) is 6.10 Å². The van der Waals surface area contributed by atoms with E-state index in [-0.39, 0.29) is 23.3 Å². The number of hydrogen-bond donors (Lipinski definition) is 1. The van der Waals surface area contributed by atoms with Crippen molar-refractivity contribution in [2.75, 3.05) is 33.4 Å². The minimum absolute atomic E-state index is 0.139. The Kier molecular flexibility index (Phi) is 4.25. The highest BCUT2D eigenvalue weighted by atomic mass is 16.5. The SMILES string of the molecule is COCC1CCN(C(=O)C2(N)C3CCCOC3C2(C)C)CC1. The first kappa shape index (κ1) is 16.2. The second-order valence-electron chi connectivity index (χ2n) is 7.82. The summed E-state index contributed by atoms with van der Waals surface area (Å²) < 4.78 is 11.1. The summed E-state index contributed by atoms with van der Waals surface area (Å²) in [7, 11) is 1.74. The third-order valence-electron chi connectivity index (χ3n) is 6.34. The van der Waals surface area contributed by atoms with Gasteiger partial charge in [-0.05, 0) is 31.6 Å². The van der Waals surface area contributed by atoms with Crippen molar-refractivity contribution in [3.05, 3.63) is 0 Å². The molecule has 0 radical (unpaired) electrons. The van der Waals surface area contributed by atoms with Gasteiger partial charge in [0, 0.05) is 44.7 Å². The maximum absolute atomic E-state index is 13.2. The van der Waals surface area contributed by atoms with Crippen molar-refractivity contribution in [2.24, 2.45) is 23.0 Å². The molecule has 1 saturated carbocycles. The van der Waals surface area contributed by atoms with Gasteiger partial charge < -0.3 is 20.1 Å². The molecule has 1 amide bonds. The molecule has 3 unspecified atom stereocenters. The highest BCUT2D eigenvalue weighted by molar-refractivity contribution is 5.89. The van der Waals surface area contributed by atoms with Crippen LogP contribution in [-0.2, 0) is 14.3 Å². The normalized spacial score (nSPS) is 38.3. The first-order valence-corrected chi connectivity index (χ1v) is 8.61. The van der Waals surface area contributed by atoms with Crippen LogP contribution in [0.3, 0.4) is 0 Å². The Morgan fingerprint density at radius 1 is 1.32 bits per heavy atom. The monoisotopic (exact) mass is 310 g/mol. The molecule has 0 aromatic carbocycles. The molecule has 22 heavy (non-hydrogen) atoms. The minimum Gasteiger partial charge on any atom is -0.384 e. The molecule has 2 N–H and O–H groups in total. The average Bonchev–Trinajstić information content (AvgIpc) is 2.54. The Bertz CT molecular complexity index is 432. The lowest BCUT2D eigenvalue weighted by Crippen LogP contribution is -2.82. The summed E-state index contributed by atoms with van der Waals surface area (Å²) in [5.41, 5.74) is 5.67. The fourth-order valence-electron chi connectivity index (χ4n) is 4.81. The van der Waals surface area contributed by atoms with Crippen LogP contribution in [0.1, 0.15) is 39.5 Å². The van der Waals surface area contributed by atoms with Crippen LogP contribution in [0.25, 0.3) is 0 Å². The molecule has 0 spiro atoms. The molecule has 5 heteroatoms. The molecule has 3 rings (SSSR count). The lowest BCUT2D eigenvalue weighted by atomic mass is 9.46. The molecule has 3 atom stereocenters. The molecule has 3 aliphatic rings.